The van der Waals surface area contributed by atoms with Crippen LogP contribution < -0.4 is 27.0 Å². The largest absolute Gasteiger partial charge is 0.481 e. The molecule has 4 atom stereocenters. The Bertz CT molecular complexity index is 998. The molecule has 1 heterocycles. The minimum absolute atomic E-state index is 0.0925. The van der Waals surface area contributed by atoms with Crippen LogP contribution in [0.4, 0.5) is 0 Å². The zero-order valence-electron chi connectivity index (χ0n) is 19.7. The minimum Gasteiger partial charge on any atom is -0.481 e. The Balaban J connectivity index is 2.68. The lowest BCUT2D eigenvalue weighted by Crippen LogP contribution is -2.55. The summed E-state index contributed by atoms with van der Waals surface area (Å²) in [4.78, 5) is 88.4. The summed E-state index contributed by atoms with van der Waals surface area (Å²) in [5.41, 5.74) is 5.96. The monoisotopic (exact) mass is 527 g/mol. The molecule has 0 aliphatic rings. The summed E-state index contributed by atoms with van der Waals surface area (Å²) in [6, 6.07) is -5.40. The van der Waals surface area contributed by atoms with Crippen molar-refractivity contribution in [3.8, 4) is 0 Å². The van der Waals surface area contributed by atoms with Gasteiger partial charge in [-0.1, -0.05) is 0 Å². The maximum Gasteiger partial charge on any atom is 0.326 e. The maximum absolute atomic E-state index is 12.6. The third kappa shape index (κ3) is 11.6. The Labute approximate surface area is 209 Å². The molecule has 10 N–H and O–H groups in total. The highest BCUT2D eigenvalue weighted by molar-refractivity contribution is 5.94. The maximum atomic E-state index is 12.6. The van der Waals surface area contributed by atoms with Crippen LogP contribution in [0.15, 0.2) is 12.5 Å². The SMILES string of the molecule is C[C@H](NC(=O)CNC(=O)[C@H](Cc1cnc[nH]1)NC(=O)[C@@H](N)CC(=O)O)C(=O)N[C@@H](CCC(=O)O)C(=O)O. The molecular formula is C20H29N7O10. The van der Waals surface area contributed by atoms with Crippen molar-refractivity contribution in [3.05, 3.63) is 18.2 Å². The van der Waals surface area contributed by atoms with E-state index < -0.39 is 85.1 Å². The van der Waals surface area contributed by atoms with Gasteiger partial charge in [-0.05, 0) is 13.3 Å². The van der Waals surface area contributed by atoms with Crippen LogP contribution in [0, 0.1) is 0 Å². The van der Waals surface area contributed by atoms with Crippen molar-refractivity contribution in [2.45, 2.75) is 56.8 Å². The Morgan fingerprint density at radius 2 is 1.59 bits per heavy atom. The molecule has 204 valence electrons. The number of hydrogen-bond acceptors (Lipinski definition) is 9. The van der Waals surface area contributed by atoms with E-state index >= 15 is 0 Å². The molecule has 1 aromatic heterocycles. The van der Waals surface area contributed by atoms with Crippen LogP contribution in [-0.2, 0) is 40.0 Å². The Hall–Kier alpha value is -4.54. The normalized spacial score (nSPS) is 13.8. The van der Waals surface area contributed by atoms with Crippen LogP contribution >= 0.6 is 0 Å². The van der Waals surface area contributed by atoms with Crippen molar-refractivity contribution < 1.29 is 48.9 Å². The summed E-state index contributed by atoms with van der Waals surface area (Å²) in [7, 11) is 0. The number of nitrogens with zero attached hydrogens (tertiary/aromatic N) is 1. The zero-order valence-corrected chi connectivity index (χ0v) is 19.7. The molecule has 0 spiro atoms. The molecule has 0 aromatic carbocycles. The van der Waals surface area contributed by atoms with Gasteiger partial charge in [0.25, 0.3) is 0 Å². The fourth-order valence-electron chi connectivity index (χ4n) is 2.86. The number of nitrogens with two attached hydrogens (primary N) is 1. The summed E-state index contributed by atoms with van der Waals surface area (Å²) >= 11 is 0. The highest BCUT2D eigenvalue weighted by Crippen LogP contribution is 2.01. The van der Waals surface area contributed by atoms with Gasteiger partial charge in [-0.2, -0.15) is 0 Å². The first-order valence-electron chi connectivity index (χ1n) is 10.9. The van der Waals surface area contributed by atoms with E-state index in [-0.39, 0.29) is 12.8 Å². The van der Waals surface area contributed by atoms with Gasteiger partial charge in [0.05, 0.1) is 25.3 Å². The first-order valence-corrected chi connectivity index (χ1v) is 10.9. The van der Waals surface area contributed by atoms with Gasteiger partial charge in [-0.25, -0.2) is 9.78 Å². The van der Waals surface area contributed by atoms with Gasteiger partial charge in [0, 0.05) is 24.7 Å². The molecule has 0 saturated heterocycles. The highest BCUT2D eigenvalue weighted by atomic mass is 16.4. The van der Waals surface area contributed by atoms with Gasteiger partial charge < -0.3 is 47.3 Å². The van der Waals surface area contributed by atoms with Crippen LogP contribution in [-0.4, -0.2) is 97.5 Å². The average Bonchev–Trinajstić information content (AvgIpc) is 3.31. The molecule has 17 heteroatoms. The number of amides is 4. The topological polar surface area (TPSA) is 283 Å². The number of aromatic amines is 1. The third-order valence-electron chi connectivity index (χ3n) is 4.80. The molecule has 1 aromatic rings. The molecule has 4 amide bonds. The molecule has 0 unspecified atom stereocenters. The minimum atomic E-state index is -1.48. The van der Waals surface area contributed by atoms with Crippen LogP contribution in [0.3, 0.4) is 0 Å². The fraction of sp³-hybridized carbons (Fsp3) is 0.500. The number of imidazole rings is 1. The number of H-pyrrole nitrogens is 1. The quantitative estimate of drug-likeness (QED) is 0.100. The van der Waals surface area contributed by atoms with Crippen LogP contribution in [0.1, 0.15) is 31.9 Å². The van der Waals surface area contributed by atoms with Crippen molar-refractivity contribution in [1.82, 2.24) is 31.2 Å². The first-order chi connectivity index (χ1) is 17.3. The second kappa shape index (κ2) is 14.8. The predicted molar refractivity (Wildman–Crippen MR) is 122 cm³/mol. The molecule has 0 fully saturated rings. The molecule has 0 bridgehead atoms. The van der Waals surface area contributed by atoms with E-state index in [0.29, 0.717) is 5.69 Å². The summed E-state index contributed by atoms with van der Waals surface area (Å²) in [6.45, 7) is 0.616. The molecule has 37 heavy (non-hydrogen) atoms. The second-order valence-electron chi connectivity index (χ2n) is 7.89. The Morgan fingerprint density at radius 3 is 2.14 bits per heavy atom. The number of hydrogen-bond donors (Lipinski definition) is 9. The lowest BCUT2D eigenvalue weighted by atomic mass is 10.1. The van der Waals surface area contributed by atoms with Gasteiger partial charge in [0.15, 0.2) is 0 Å². The lowest BCUT2D eigenvalue weighted by Gasteiger charge is -2.20. The zero-order chi connectivity index (χ0) is 28.1. The van der Waals surface area contributed by atoms with E-state index in [1.54, 1.807) is 0 Å². The summed E-state index contributed by atoms with van der Waals surface area (Å²) in [5, 5.41) is 35.5. The van der Waals surface area contributed by atoms with E-state index in [0.717, 1.165) is 0 Å². The molecule has 0 aliphatic carbocycles. The summed E-state index contributed by atoms with van der Waals surface area (Å²) < 4.78 is 0. The molecular weight excluding hydrogens is 498 g/mol. The van der Waals surface area contributed by atoms with Crippen molar-refractivity contribution in [2.24, 2.45) is 5.73 Å². The molecule has 0 radical (unpaired) electrons. The van der Waals surface area contributed by atoms with E-state index in [9.17, 15) is 33.6 Å². The molecule has 0 aliphatic heterocycles. The van der Waals surface area contributed by atoms with Crippen LogP contribution in [0.2, 0.25) is 0 Å². The number of carbonyl (C=O) groups excluding carboxylic acids is 4. The predicted octanol–water partition coefficient (Wildman–Crippen LogP) is -3.71. The van der Waals surface area contributed by atoms with Gasteiger partial charge in [0.1, 0.15) is 18.1 Å². The number of aromatic nitrogens is 2. The third-order valence-corrected chi connectivity index (χ3v) is 4.80. The Kier molecular flexibility index (Phi) is 12.2. The number of carboxylic acids is 3. The number of nitrogens with one attached hydrogen (secondary N) is 5. The van der Waals surface area contributed by atoms with E-state index in [1.807, 2.05) is 0 Å². The smallest absolute Gasteiger partial charge is 0.326 e. The first kappa shape index (κ1) is 30.5. The highest BCUT2D eigenvalue weighted by Gasteiger charge is 2.27. The standard InChI is InChI=1S/C20H29N7O10/c1-9(17(33)26-12(20(36)37)2-3-15(29)30)25-14(28)7-23-19(35)13(4-10-6-22-8-24-10)27-18(34)11(21)5-16(31)32/h6,8-9,11-13H,2-5,7,21H2,1H3,(H,22,24)(H,23,35)(H,25,28)(H,26,33)(H,27,34)(H,29,30)(H,31,32)(H,36,37)/t9-,11-,12-,13-/m0/s1. The number of carbonyl (C=O) groups is 7. The molecule has 17 nitrogen and oxygen atoms in total. The number of aliphatic carboxylic acids is 3. The summed E-state index contributed by atoms with van der Waals surface area (Å²) in [5.74, 6) is -7.47. The number of rotatable bonds is 16. The van der Waals surface area contributed by atoms with Gasteiger partial charge in [-0.3, -0.25) is 28.8 Å². The van der Waals surface area contributed by atoms with E-state index in [4.69, 9.17) is 21.1 Å². The van der Waals surface area contributed by atoms with Crippen LogP contribution in [0.25, 0.3) is 0 Å². The van der Waals surface area contributed by atoms with Crippen molar-refractivity contribution >= 4 is 41.5 Å². The average molecular weight is 527 g/mol. The molecule has 1 rings (SSSR count). The van der Waals surface area contributed by atoms with Crippen molar-refractivity contribution in [1.29, 1.82) is 0 Å². The van der Waals surface area contributed by atoms with Crippen LogP contribution in [0.5, 0.6) is 0 Å². The fourth-order valence-corrected chi connectivity index (χ4v) is 2.86. The van der Waals surface area contributed by atoms with Gasteiger partial charge in [0.2, 0.25) is 23.6 Å². The van der Waals surface area contributed by atoms with E-state index in [2.05, 4.69) is 31.2 Å². The van der Waals surface area contributed by atoms with Crippen molar-refractivity contribution in [3.63, 3.8) is 0 Å². The van der Waals surface area contributed by atoms with E-state index in [1.165, 1.54) is 19.4 Å². The second-order valence-corrected chi connectivity index (χ2v) is 7.89. The summed E-state index contributed by atoms with van der Waals surface area (Å²) in [6.07, 6.45) is 1.08. The molecule has 0 saturated carbocycles. The number of carboxylic acid groups (broad SMARTS) is 3. The lowest BCUT2D eigenvalue weighted by molar-refractivity contribution is -0.143. The Morgan fingerprint density at radius 1 is 0.946 bits per heavy atom. The van der Waals surface area contributed by atoms with Crippen molar-refractivity contribution in [2.75, 3.05) is 6.54 Å². The van der Waals surface area contributed by atoms with Gasteiger partial charge >= 0.3 is 17.9 Å². The van der Waals surface area contributed by atoms with Gasteiger partial charge in [-0.15, -0.1) is 0 Å².